The predicted octanol–water partition coefficient (Wildman–Crippen LogP) is 7.34. The molecular formula is C44H54N6O8Si. The van der Waals surface area contributed by atoms with Crippen molar-refractivity contribution in [3.63, 3.8) is 0 Å². The summed E-state index contributed by atoms with van der Waals surface area (Å²) >= 11 is 0. The Morgan fingerprint density at radius 2 is 1.56 bits per heavy atom. The Morgan fingerprint density at radius 1 is 0.949 bits per heavy atom. The van der Waals surface area contributed by atoms with E-state index in [0.717, 1.165) is 11.1 Å². The van der Waals surface area contributed by atoms with Crippen LogP contribution in [-0.2, 0) is 28.9 Å². The fourth-order valence-corrected chi connectivity index (χ4v) is 9.82. The Balaban J connectivity index is 1.46. The molecule has 2 heterocycles. The van der Waals surface area contributed by atoms with Crippen LogP contribution in [0.15, 0.2) is 70.8 Å². The van der Waals surface area contributed by atoms with Gasteiger partial charge in [0.15, 0.2) is 31.2 Å². The van der Waals surface area contributed by atoms with Crippen LogP contribution < -0.4 is 25.0 Å². The highest BCUT2D eigenvalue weighted by Gasteiger charge is 2.69. The van der Waals surface area contributed by atoms with Crippen molar-refractivity contribution >= 4 is 43.3 Å². The number of aromatic nitrogens is 2. The second-order valence-corrected chi connectivity index (χ2v) is 22.2. The predicted molar refractivity (Wildman–Crippen MR) is 226 cm³/mol. The average molecular weight is 823 g/mol. The lowest BCUT2D eigenvalue weighted by Gasteiger charge is -2.55. The summed E-state index contributed by atoms with van der Waals surface area (Å²) in [6.07, 6.45) is 0.554. The van der Waals surface area contributed by atoms with Crippen LogP contribution in [0.5, 0.6) is 11.6 Å². The van der Waals surface area contributed by atoms with E-state index in [0.29, 0.717) is 17.1 Å². The number of aliphatic hydroxyl groups excluding tert-OH is 1. The summed E-state index contributed by atoms with van der Waals surface area (Å²) in [6.45, 7) is 10.4. The van der Waals surface area contributed by atoms with Crippen molar-refractivity contribution in [2.45, 2.75) is 76.6 Å². The number of aliphatic hydroxyl groups is 1. The van der Waals surface area contributed by atoms with E-state index in [-0.39, 0.29) is 66.0 Å². The summed E-state index contributed by atoms with van der Waals surface area (Å²) in [7, 11) is 5.91. The summed E-state index contributed by atoms with van der Waals surface area (Å²) in [5.41, 5.74) is 0.591. The Kier molecular flexibility index (Phi) is 11.0. The third kappa shape index (κ3) is 7.18. The third-order valence-electron chi connectivity index (χ3n) is 12.2. The Bertz CT molecular complexity index is 2300. The zero-order valence-corrected chi connectivity index (χ0v) is 36.4. The number of nitrogens with one attached hydrogen (secondary N) is 2. The molecule has 2 aromatic heterocycles. The minimum absolute atomic E-state index is 0.0253. The van der Waals surface area contributed by atoms with Crippen LogP contribution in [0.4, 0.5) is 16.4 Å². The Labute approximate surface area is 346 Å². The van der Waals surface area contributed by atoms with Gasteiger partial charge in [0.2, 0.25) is 11.6 Å². The highest BCUT2D eigenvalue weighted by atomic mass is 28.4. The van der Waals surface area contributed by atoms with Gasteiger partial charge in [-0.2, -0.15) is 0 Å². The number of amides is 2. The van der Waals surface area contributed by atoms with Gasteiger partial charge in [-0.15, -0.1) is 0 Å². The standard InChI is InChI=1S/C44H54N6O8Si/c1-43(2,3)59(9,10)58-44-29(33(49(5)6)35-32(38(44)53)41(48-57-35)56-24-26-19-15-12-16-20-26)22-27-21-28-31(34(51)30(27)37(44)52)36(55-23-25-17-13-11-14-18-25)39(47-42(54)45-4)46-40(28)50(7)8/h11-20,27,29,33,51H,21-24H2,1-10H3,(H2,45,46,47,54)/t27-,29-,33-,44-/m0/s1. The zero-order chi connectivity index (χ0) is 42.6. The molecule has 0 saturated heterocycles. The van der Waals surface area contributed by atoms with E-state index < -0.39 is 54.4 Å². The first-order chi connectivity index (χ1) is 27.9. The smallest absolute Gasteiger partial charge is 0.320 e. The molecule has 2 aromatic carbocycles. The number of hydrogen-bond acceptors (Lipinski definition) is 12. The number of carbonyl (C=O) groups excluding carboxylic acids is 3. The van der Waals surface area contributed by atoms with Crippen LogP contribution in [-0.4, -0.2) is 86.9 Å². The number of fused-ring (bicyclic) bond motifs is 4. The van der Waals surface area contributed by atoms with E-state index in [2.05, 4.69) is 36.6 Å². The number of urea groups is 1. The lowest BCUT2D eigenvalue weighted by molar-refractivity contribution is -0.140. The minimum Gasteiger partial charge on any atom is -0.507 e. The molecule has 3 aliphatic rings. The minimum atomic E-state index is -2.97. The number of ether oxygens (including phenoxy) is 2. The molecule has 0 aliphatic heterocycles. The molecule has 0 bridgehead atoms. The molecule has 1 fully saturated rings. The van der Waals surface area contributed by atoms with Gasteiger partial charge >= 0.3 is 6.03 Å². The van der Waals surface area contributed by atoms with Crippen molar-refractivity contribution in [3.8, 4) is 11.6 Å². The van der Waals surface area contributed by atoms with Crippen LogP contribution >= 0.6 is 0 Å². The van der Waals surface area contributed by atoms with E-state index in [1.54, 1.807) is 4.90 Å². The molecule has 312 valence electrons. The summed E-state index contributed by atoms with van der Waals surface area (Å²) in [6, 6.07) is 17.8. The number of anilines is 2. The van der Waals surface area contributed by atoms with Gasteiger partial charge in [0.1, 0.15) is 30.4 Å². The molecule has 3 N–H and O–H groups in total. The van der Waals surface area contributed by atoms with Gasteiger partial charge in [-0.1, -0.05) is 81.4 Å². The second-order valence-electron chi connectivity index (χ2n) is 17.5. The molecule has 0 radical (unpaired) electrons. The molecule has 0 spiro atoms. The van der Waals surface area contributed by atoms with Crippen LogP contribution in [0.25, 0.3) is 5.76 Å². The van der Waals surface area contributed by atoms with Gasteiger partial charge in [-0.3, -0.25) is 19.8 Å². The summed E-state index contributed by atoms with van der Waals surface area (Å²) in [4.78, 5) is 53.0. The number of pyridine rings is 1. The summed E-state index contributed by atoms with van der Waals surface area (Å²) in [5, 5.41) is 22.0. The fraction of sp³-hybridized carbons (Fsp3) is 0.432. The van der Waals surface area contributed by atoms with Crippen LogP contribution in [0, 0.1) is 11.8 Å². The Hall–Kier alpha value is -5.51. The second kappa shape index (κ2) is 15.6. The third-order valence-corrected chi connectivity index (χ3v) is 16.7. The lowest BCUT2D eigenvalue weighted by atomic mass is 9.57. The molecule has 7 rings (SSSR count). The van der Waals surface area contributed by atoms with Crippen LogP contribution in [0.3, 0.4) is 0 Å². The van der Waals surface area contributed by atoms with Crippen molar-refractivity contribution in [1.29, 1.82) is 0 Å². The number of rotatable bonds is 11. The molecule has 4 atom stereocenters. The van der Waals surface area contributed by atoms with Crippen molar-refractivity contribution in [2.75, 3.05) is 45.5 Å². The van der Waals surface area contributed by atoms with Crippen LogP contribution in [0.1, 0.15) is 71.6 Å². The Morgan fingerprint density at radius 3 is 2.12 bits per heavy atom. The van der Waals surface area contributed by atoms with Gasteiger partial charge in [0, 0.05) is 38.2 Å². The highest BCUT2D eigenvalue weighted by Crippen LogP contribution is 2.59. The molecule has 1 saturated carbocycles. The largest absolute Gasteiger partial charge is 0.507 e. The monoisotopic (exact) mass is 822 g/mol. The molecule has 15 heteroatoms. The fourth-order valence-electron chi connectivity index (χ4n) is 8.37. The molecule has 3 aliphatic carbocycles. The van der Waals surface area contributed by atoms with E-state index in [1.165, 1.54) is 7.05 Å². The topological polar surface area (TPSA) is 169 Å². The molecule has 2 amide bonds. The van der Waals surface area contributed by atoms with E-state index in [1.807, 2.05) is 107 Å². The van der Waals surface area contributed by atoms with E-state index in [9.17, 15) is 9.90 Å². The lowest BCUT2D eigenvalue weighted by Crippen LogP contribution is -2.68. The first kappa shape index (κ1) is 41.6. The number of nitrogens with zero attached hydrogens (tertiary/aromatic N) is 4. The summed E-state index contributed by atoms with van der Waals surface area (Å²) in [5.74, 6) is -1.96. The molecule has 14 nitrogen and oxygen atoms in total. The van der Waals surface area contributed by atoms with Gasteiger partial charge in [-0.25, -0.2) is 9.78 Å². The molecule has 4 aromatic rings. The first-order valence-corrected chi connectivity index (χ1v) is 22.8. The maximum atomic E-state index is 16.0. The number of benzene rings is 2. The maximum Gasteiger partial charge on any atom is 0.320 e. The van der Waals surface area contributed by atoms with Gasteiger partial charge in [0.05, 0.1) is 11.6 Å². The number of ketones is 2. The van der Waals surface area contributed by atoms with Gasteiger partial charge < -0.3 is 33.7 Å². The van der Waals surface area contributed by atoms with Gasteiger partial charge in [0.25, 0.3) is 5.88 Å². The summed E-state index contributed by atoms with van der Waals surface area (Å²) < 4.78 is 26.0. The van der Waals surface area contributed by atoms with Crippen molar-refractivity contribution < 1.29 is 37.9 Å². The van der Waals surface area contributed by atoms with E-state index >= 15 is 9.59 Å². The maximum absolute atomic E-state index is 16.0. The van der Waals surface area contributed by atoms with Crippen molar-refractivity contribution in [1.82, 2.24) is 20.4 Å². The molecular weight excluding hydrogens is 769 g/mol. The quantitative estimate of drug-likeness (QED) is 0.102. The number of hydrogen-bond donors (Lipinski definition) is 3. The SMILES string of the molecule is CNC(=O)Nc1nc(N(C)C)c2c(c1OCc1ccccc1)C(O)=C1C(=O)[C@]3(O[Si](C)(C)C(C)(C)C)C(=O)c4c(OCc5ccccc5)noc4[C@@H](N(C)C)[C@@H]3C[C@@H]1C2. The normalized spacial score (nSPS) is 21.3. The van der Waals surface area contributed by atoms with E-state index in [4.69, 9.17) is 23.4 Å². The highest BCUT2D eigenvalue weighted by molar-refractivity contribution is 6.74. The average Bonchev–Trinajstić information content (AvgIpc) is 3.61. The van der Waals surface area contributed by atoms with Crippen molar-refractivity contribution in [3.05, 3.63) is 99.8 Å². The van der Waals surface area contributed by atoms with Crippen LogP contribution in [0.2, 0.25) is 18.1 Å². The first-order valence-electron chi connectivity index (χ1n) is 19.9. The molecule has 0 unspecified atom stereocenters. The molecule has 59 heavy (non-hydrogen) atoms. The number of carbonyl (C=O) groups is 3. The number of Topliss-reactive ketones (excluding diaryl/α,β-unsaturated/α-hetero) is 2. The van der Waals surface area contributed by atoms with Crippen molar-refractivity contribution in [2.24, 2.45) is 11.8 Å². The zero-order valence-electron chi connectivity index (χ0n) is 35.4. The van der Waals surface area contributed by atoms with Gasteiger partial charge in [-0.05, 0) is 67.3 Å².